The Kier molecular flexibility index (Phi) is 2.80. The van der Waals surface area contributed by atoms with E-state index >= 15 is 0 Å². The lowest BCUT2D eigenvalue weighted by atomic mass is 9.90. The second kappa shape index (κ2) is 5.36. The number of hydrogen-bond acceptors (Lipinski definition) is 1. The van der Waals surface area contributed by atoms with Crippen molar-refractivity contribution in [1.29, 1.82) is 0 Å². The van der Waals surface area contributed by atoms with Crippen LogP contribution in [0.15, 0.2) is 101 Å². The van der Waals surface area contributed by atoms with Crippen LogP contribution in [0.25, 0.3) is 66.1 Å². The van der Waals surface area contributed by atoms with Crippen molar-refractivity contribution in [3.05, 3.63) is 97.1 Å². The van der Waals surface area contributed by atoms with Crippen LogP contribution >= 0.6 is 0 Å². The van der Waals surface area contributed by atoms with E-state index in [0.717, 1.165) is 11.2 Å². The molecule has 29 heavy (non-hydrogen) atoms. The number of rotatable bonds is 0. The lowest BCUT2D eigenvalue weighted by molar-refractivity contribution is 0.669. The van der Waals surface area contributed by atoms with Crippen LogP contribution in [-0.2, 0) is 0 Å². The van der Waals surface area contributed by atoms with E-state index in [2.05, 4.69) is 91.0 Å². The summed E-state index contributed by atoms with van der Waals surface area (Å²) in [6.45, 7) is 0. The minimum Gasteiger partial charge on any atom is -0.456 e. The quantitative estimate of drug-likeness (QED) is 0.264. The third kappa shape index (κ3) is 1.89. The summed E-state index contributed by atoms with van der Waals surface area (Å²) in [5.74, 6) is 0. The summed E-state index contributed by atoms with van der Waals surface area (Å²) < 4.78 is 6.22. The Morgan fingerprint density at radius 1 is 0.414 bits per heavy atom. The maximum absolute atomic E-state index is 6.22. The van der Waals surface area contributed by atoms with Gasteiger partial charge in [-0.05, 0) is 56.8 Å². The average molecular weight is 368 g/mol. The van der Waals surface area contributed by atoms with Crippen LogP contribution in [0.5, 0.6) is 0 Å². The highest BCUT2D eigenvalue weighted by Crippen LogP contribution is 2.51. The topological polar surface area (TPSA) is 13.1 Å². The van der Waals surface area contributed by atoms with Crippen molar-refractivity contribution in [2.24, 2.45) is 0 Å². The molecule has 5 aromatic carbocycles. The fourth-order valence-corrected chi connectivity index (χ4v) is 5.05. The van der Waals surface area contributed by atoms with Gasteiger partial charge in [0.2, 0.25) is 0 Å². The molecule has 0 bridgehead atoms. The van der Waals surface area contributed by atoms with Crippen molar-refractivity contribution in [2.45, 2.75) is 0 Å². The Morgan fingerprint density at radius 3 is 1.97 bits per heavy atom. The van der Waals surface area contributed by atoms with Gasteiger partial charge in [-0.15, -0.1) is 0 Å². The van der Waals surface area contributed by atoms with E-state index in [0.29, 0.717) is 0 Å². The Labute approximate surface area is 167 Å². The van der Waals surface area contributed by atoms with E-state index in [9.17, 15) is 0 Å². The Hall–Kier alpha value is -3.84. The number of furan rings is 1. The van der Waals surface area contributed by atoms with E-state index in [1.165, 1.54) is 54.9 Å². The van der Waals surface area contributed by atoms with Crippen LogP contribution in [0.3, 0.4) is 0 Å². The molecule has 0 saturated carbocycles. The van der Waals surface area contributed by atoms with Crippen molar-refractivity contribution >= 4 is 32.7 Å². The predicted octanol–water partition coefficient (Wildman–Crippen LogP) is 8.05. The van der Waals surface area contributed by atoms with Crippen molar-refractivity contribution in [2.75, 3.05) is 0 Å². The lowest BCUT2D eigenvalue weighted by Crippen LogP contribution is -1.86. The van der Waals surface area contributed by atoms with Crippen LogP contribution in [0.4, 0.5) is 0 Å². The molecule has 1 aliphatic carbocycles. The molecule has 1 heterocycles. The number of para-hydroxylation sites is 1. The van der Waals surface area contributed by atoms with E-state index < -0.39 is 0 Å². The molecule has 0 N–H and O–H groups in total. The molecule has 0 atom stereocenters. The molecule has 1 aromatic heterocycles. The van der Waals surface area contributed by atoms with Gasteiger partial charge < -0.3 is 4.42 Å². The Bertz CT molecular complexity index is 1590. The first kappa shape index (κ1) is 15.1. The third-order valence-corrected chi connectivity index (χ3v) is 6.22. The summed E-state index contributed by atoms with van der Waals surface area (Å²) in [5, 5.41) is 4.98. The molecule has 0 fully saturated rings. The molecule has 1 heteroatoms. The van der Waals surface area contributed by atoms with Gasteiger partial charge in [-0.2, -0.15) is 0 Å². The second-order valence-electron chi connectivity index (χ2n) is 7.71. The van der Waals surface area contributed by atoms with Gasteiger partial charge in [-0.3, -0.25) is 0 Å². The van der Waals surface area contributed by atoms with Crippen LogP contribution < -0.4 is 0 Å². The van der Waals surface area contributed by atoms with Gasteiger partial charge in [-0.25, -0.2) is 0 Å². The van der Waals surface area contributed by atoms with Gasteiger partial charge >= 0.3 is 0 Å². The zero-order chi connectivity index (χ0) is 18.9. The fourth-order valence-electron chi connectivity index (χ4n) is 5.05. The van der Waals surface area contributed by atoms with Crippen LogP contribution in [0.1, 0.15) is 0 Å². The van der Waals surface area contributed by atoms with Gasteiger partial charge in [0.15, 0.2) is 0 Å². The van der Waals surface area contributed by atoms with Crippen LogP contribution in [0.2, 0.25) is 0 Å². The standard InChI is InChI=1S/C28H16O/c1-2-10-20-18(9-1)19-12-5-7-17-8-6-13-21(26(17)19)22-15-16-25-28(27(20)22)23-11-3-4-14-24(23)29-25/h1-16H. The molecule has 0 radical (unpaired) electrons. The van der Waals surface area contributed by atoms with E-state index in [4.69, 9.17) is 4.42 Å². The fraction of sp³-hybridized carbons (Fsp3) is 0. The average Bonchev–Trinajstić information content (AvgIpc) is 3.11. The van der Waals surface area contributed by atoms with E-state index in [-0.39, 0.29) is 0 Å². The highest BCUT2D eigenvalue weighted by molar-refractivity contribution is 6.22. The van der Waals surface area contributed by atoms with E-state index in [1.54, 1.807) is 0 Å². The van der Waals surface area contributed by atoms with Gasteiger partial charge in [0, 0.05) is 16.3 Å². The van der Waals surface area contributed by atoms with Crippen molar-refractivity contribution < 1.29 is 4.42 Å². The molecule has 0 unspecified atom stereocenters. The first-order valence-corrected chi connectivity index (χ1v) is 9.96. The number of fused-ring (bicyclic) bond motifs is 9. The summed E-state index contributed by atoms with van der Waals surface area (Å²) in [5.41, 5.74) is 9.55. The molecular formula is C28H16O. The largest absolute Gasteiger partial charge is 0.456 e. The molecule has 0 aliphatic heterocycles. The van der Waals surface area contributed by atoms with Gasteiger partial charge in [0.05, 0.1) is 0 Å². The number of benzene rings is 5. The van der Waals surface area contributed by atoms with Gasteiger partial charge in [0.1, 0.15) is 11.2 Å². The summed E-state index contributed by atoms with van der Waals surface area (Å²) in [4.78, 5) is 0. The second-order valence-corrected chi connectivity index (χ2v) is 7.71. The molecule has 1 nitrogen and oxygen atoms in total. The molecule has 6 aromatic rings. The highest BCUT2D eigenvalue weighted by Gasteiger charge is 2.24. The minimum atomic E-state index is 0.938. The molecule has 7 rings (SSSR count). The minimum absolute atomic E-state index is 0.938. The zero-order valence-corrected chi connectivity index (χ0v) is 15.6. The highest BCUT2D eigenvalue weighted by atomic mass is 16.3. The maximum atomic E-state index is 6.22. The first-order valence-electron chi connectivity index (χ1n) is 9.96. The maximum Gasteiger partial charge on any atom is 0.136 e. The van der Waals surface area contributed by atoms with E-state index in [1.807, 2.05) is 6.07 Å². The van der Waals surface area contributed by atoms with Crippen LogP contribution in [0, 0.1) is 0 Å². The smallest absolute Gasteiger partial charge is 0.136 e. The summed E-state index contributed by atoms with van der Waals surface area (Å²) in [7, 11) is 0. The Balaban J connectivity index is 1.81. The summed E-state index contributed by atoms with van der Waals surface area (Å²) in [6, 6.07) is 34.7. The third-order valence-electron chi connectivity index (χ3n) is 6.22. The molecule has 1 aliphatic rings. The molecule has 0 amide bonds. The van der Waals surface area contributed by atoms with Crippen LogP contribution in [-0.4, -0.2) is 0 Å². The normalized spacial score (nSPS) is 12.1. The monoisotopic (exact) mass is 368 g/mol. The van der Waals surface area contributed by atoms with Gasteiger partial charge in [0.25, 0.3) is 0 Å². The lowest BCUT2D eigenvalue weighted by Gasteiger charge is -2.12. The molecule has 0 spiro atoms. The molecule has 0 saturated heterocycles. The molecule has 134 valence electrons. The summed E-state index contributed by atoms with van der Waals surface area (Å²) in [6.07, 6.45) is 0. The van der Waals surface area contributed by atoms with Crippen molar-refractivity contribution in [1.82, 2.24) is 0 Å². The predicted molar refractivity (Wildman–Crippen MR) is 121 cm³/mol. The molecular weight excluding hydrogens is 352 g/mol. The van der Waals surface area contributed by atoms with Crippen molar-refractivity contribution in [3.63, 3.8) is 0 Å². The zero-order valence-electron chi connectivity index (χ0n) is 15.6. The number of hydrogen-bond donors (Lipinski definition) is 0. The van der Waals surface area contributed by atoms with Gasteiger partial charge in [-0.1, -0.05) is 78.9 Å². The Morgan fingerprint density at radius 2 is 1.10 bits per heavy atom. The SMILES string of the molecule is c1ccc2c(c1)-c1cccc3cccc(c13)-c1ccc3oc4ccccc4c3c1-2. The summed E-state index contributed by atoms with van der Waals surface area (Å²) >= 11 is 0. The first-order chi connectivity index (χ1) is 14.4. The van der Waals surface area contributed by atoms with Crippen molar-refractivity contribution in [3.8, 4) is 33.4 Å².